The third-order valence-corrected chi connectivity index (χ3v) is 3.66. The Hall–Kier alpha value is -0.920. The number of nitrogens with one attached hydrogen (secondary N) is 1. The lowest BCUT2D eigenvalue weighted by molar-refractivity contribution is 0.416. The largest absolute Gasteiger partial charge is 0.323 e. The van der Waals surface area contributed by atoms with Crippen LogP contribution in [0.5, 0.6) is 0 Å². The minimum Gasteiger partial charge on any atom is -0.323 e. The van der Waals surface area contributed by atoms with Crippen molar-refractivity contribution in [2.45, 2.75) is 31.7 Å². The molecule has 2 nitrogen and oxygen atoms in total. The molecule has 1 N–H and O–H groups in total. The van der Waals surface area contributed by atoms with Crippen molar-refractivity contribution in [1.82, 2.24) is 4.68 Å². The van der Waals surface area contributed by atoms with Gasteiger partial charge in [-0.1, -0.05) is 6.42 Å². The minimum atomic E-state index is 0.742. The first-order valence-electron chi connectivity index (χ1n) is 5.31. The van der Waals surface area contributed by atoms with E-state index in [1.165, 1.54) is 25.7 Å². The van der Waals surface area contributed by atoms with Crippen LogP contribution in [0.4, 0.5) is 0 Å². The van der Waals surface area contributed by atoms with Crippen LogP contribution >= 0.6 is 0 Å². The molecule has 1 aromatic rings. The second-order valence-electron chi connectivity index (χ2n) is 4.50. The quantitative estimate of drug-likeness (QED) is 0.731. The molecule has 3 rings (SSSR count). The van der Waals surface area contributed by atoms with Gasteiger partial charge in [-0.25, -0.2) is 0 Å². The maximum atomic E-state index is 3.57. The van der Waals surface area contributed by atoms with Crippen LogP contribution < -0.4 is 5.43 Å². The first kappa shape index (κ1) is 7.48. The molecule has 13 heavy (non-hydrogen) atoms. The van der Waals surface area contributed by atoms with Gasteiger partial charge in [0.05, 0.1) is 0 Å². The second kappa shape index (κ2) is 2.79. The molecule has 2 heteroatoms. The highest BCUT2D eigenvalue weighted by molar-refractivity contribution is 5.02. The van der Waals surface area contributed by atoms with E-state index < -0.39 is 0 Å². The van der Waals surface area contributed by atoms with Crippen molar-refractivity contribution in [2.24, 2.45) is 11.8 Å². The van der Waals surface area contributed by atoms with E-state index in [9.17, 15) is 0 Å². The summed E-state index contributed by atoms with van der Waals surface area (Å²) in [6.45, 7) is 0. The van der Waals surface area contributed by atoms with Gasteiger partial charge in [0.25, 0.3) is 0 Å². The van der Waals surface area contributed by atoms with Crippen LogP contribution in [0.1, 0.15) is 25.7 Å². The van der Waals surface area contributed by atoms with Gasteiger partial charge in [-0.15, -0.1) is 0 Å². The molecular weight excluding hydrogens is 160 g/mol. The van der Waals surface area contributed by atoms with Crippen LogP contribution in [0.15, 0.2) is 24.5 Å². The number of aromatic nitrogens is 1. The lowest BCUT2D eigenvalue weighted by Gasteiger charge is -2.24. The highest BCUT2D eigenvalue weighted by Gasteiger charge is 2.39. The van der Waals surface area contributed by atoms with Gasteiger partial charge in [0.2, 0.25) is 0 Å². The van der Waals surface area contributed by atoms with E-state index in [4.69, 9.17) is 0 Å². The molecule has 2 aliphatic carbocycles. The Balaban J connectivity index is 1.68. The summed E-state index contributed by atoms with van der Waals surface area (Å²) >= 11 is 0. The van der Waals surface area contributed by atoms with E-state index in [2.05, 4.69) is 34.6 Å². The number of hydrogen-bond donors (Lipinski definition) is 1. The molecule has 0 amide bonds. The van der Waals surface area contributed by atoms with Crippen LogP contribution in [0.25, 0.3) is 0 Å². The average molecular weight is 176 g/mol. The summed E-state index contributed by atoms with van der Waals surface area (Å²) in [4.78, 5) is 0. The van der Waals surface area contributed by atoms with Crippen molar-refractivity contribution >= 4 is 0 Å². The van der Waals surface area contributed by atoms with Crippen molar-refractivity contribution in [3.05, 3.63) is 24.5 Å². The van der Waals surface area contributed by atoms with Crippen LogP contribution in [0, 0.1) is 11.8 Å². The van der Waals surface area contributed by atoms with Crippen LogP contribution in [-0.4, -0.2) is 10.7 Å². The predicted molar refractivity (Wildman–Crippen MR) is 53.0 cm³/mol. The first-order valence-corrected chi connectivity index (χ1v) is 5.31. The van der Waals surface area contributed by atoms with E-state index in [-0.39, 0.29) is 0 Å². The number of hydrogen-bond acceptors (Lipinski definition) is 1. The maximum absolute atomic E-state index is 3.57. The van der Waals surface area contributed by atoms with Gasteiger partial charge in [0.15, 0.2) is 0 Å². The molecular formula is C11H16N2. The first-order chi connectivity index (χ1) is 6.42. The van der Waals surface area contributed by atoms with E-state index >= 15 is 0 Å². The zero-order valence-corrected chi connectivity index (χ0v) is 7.82. The molecule has 0 aliphatic heterocycles. The fourth-order valence-corrected chi connectivity index (χ4v) is 3.01. The highest BCUT2D eigenvalue weighted by Crippen LogP contribution is 2.44. The van der Waals surface area contributed by atoms with E-state index in [0.717, 1.165) is 17.9 Å². The molecule has 70 valence electrons. The van der Waals surface area contributed by atoms with Gasteiger partial charge in [-0.3, -0.25) is 4.68 Å². The molecule has 2 saturated carbocycles. The Kier molecular flexibility index (Phi) is 1.61. The highest BCUT2D eigenvalue weighted by atomic mass is 15.4. The van der Waals surface area contributed by atoms with Gasteiger partial charge in [0, 0.05) is 18.4 Å². The normalized spacial score (nSPS) is 36.8. The molecule has 0 radical (unpaired) electrons. The summed E-state index contributed by atoms with van der Waals surface area (Å²) < 4.78 is 2.10. The predicted octanol–water partition coefficient (Wildman–Crippen LogP) is 2.22. The third-order valence-electron chi connectivity index (χ3n) is 3.66. The smallest absolute Gasteiger partial charge is 0.0455 e. The van der Waals surface area contributed by atoms with Gasteiger partial charge in [-0.2, -0.15) is 0 Å². The zero-order valence-electron chi connectivity index (χ0n) is 7.82. The third kappa shape index (κ3) is 1.25. The van der Waals surface area contributed by atoms with Gasteiger partial charge in [0.1, 0.15) is 0 Å². The Labute approximate surface area is 78.9 Å². The summed E-state index contributed by atoms with van der Waals surface area (Å²) in [5.74, 6) is 1.98. The van der Waals surface area contributed by atoms with Gasteiger partial charge in [-0.05, 0) is 43.2 Å². The minimum absolute atomic E-state index is 0.742. The van der Waals surface area contributed by atoms with Crippen LogP contribution in [0.2, 0.25) is 0 Å². The summed E-state index contributed by atoms with van der Waals surface area (Å²) in [6, 6.07) is 4.88. The van der Waals surface area contributed by atoms with Gasteiger partial charge >= 0.3 is 0 Å². The topological polar surface area (TPSA) is 17.0 Å². The lowest BCUT2D eigenvalue weighted by atomic mass is 9.96. The Morgan fingerprint density at radius 1 is 1.08 bits per heavy atom. The maximum Gasteiger partial charge on any atom is 0.0455 e. The summed E-state index contributed by atoms with van der Waals surface area (Å²) in [7, 11) is 0. The average Bonchev–Trinajstić information content (AvgIpc) is 2.77. The van der Waals surface area contributed by atoms with E-state index in [0.29, 0.717) is 0 Å². The number of rotatable bonds is 2. The summed E-state index contributed by atoms with van der Waals surface area (Å²) in [6.07, 6.45) is 9.97. The van der Waals surface area contributed by atoms with Crippen molar-refractivity contribution in [3.8, 4) is 0 Å². The molecule has 0 spiro atoms. The Bertz CT molecular complexity index is 278. The van der Waals surface area contributed by atoms with E-state index in [1.54, 1.807) is 0 Å². The molecule has 1 aromatic heterocycles. The summed E-state index contributed by atoms with van der Waals surface area (Å²) in [5.41, 5.74) is 3.57. The molecule has 2 aliphatic rings. The Morgan fingerprint density at radius 2 is 1.92 bits per heavy atom. The monoisotopic (exact) mass is 176 g/mol. The lowest BCUT2D eigenvalue weighted by Crippen LogP contribution is -2.31. The van der Waals surface area contributed by atoms with Crippen LogP contribution in [0.3, 0.4) is 0 Å². The summed E-state index contributed by atoms with van der Waals surface area (Å²) in [5, 5.41) is 0. The Morgan fingerprint density at radius 3 is 2.54 bits per heavy atom. The van der Waals surface area contributed by atoms with Crippen molar-refractivity contribution in [3.63, 3.8) is 0 Å². The van der Waals surface area contributed by atoms with Crippen molar-refractivity contribution < 1.29 is 0 Å². The fraction of sp³-hybridized carbons (Fsp3) is 0.636. The van der Waals surface area contributed by atoms with Crippen molar-refractivity contribution in [2.75, 3.05) is 5.43 Å². The standard InChI is InChI=1S/C11H16N2/c1-2-6-13(5-1)12-11-8-9-3-4-10(11)7-9/h1-2,5-6,9-12H,3-4,7-8H2. The SMILES string of the molecule is c1ccn(NC2CC3CCC2C3)c1. The van der Waals surface area contributed by atoms with Crippen molar-refractivity contribution in [1.29, 1.82) is 0 Å². The van der Waals surface area contributed by atoms with E-state index in [1.807, 2.05) is 0 Å². The molecule has 2 bridgehead atoms. The molecule has 1 heterocycles. The van der Waals surface area contributed by atoms with Gasteiger partial charge < -0.3 is 5.43 Å². The molecule has 0 saturated heterocycles. The molecule has 3 unspecified atom stereocenters. The number of fused-ring (bicyclic) bond motifs is 2. The zero-order chi connectivity index (χ0) is 8.67. The molecule has 2 fully saturated rings. The fourth-order valence-electron chi connectivity index (χ4n) is 3.01. The molecule has 0 aromatic carbocycles. The second-order valence-corrected chi connectivity index (χ2v) is 4.50. The molecule has 3 atom stereocenters. The van der Waals surface area contributed by atoms with Crippen LogP contribution in [-0.2, 0) is 0 Å². The number of nitrogens with zero attached hydrogens (tertiary/aromatic N) is 1.